The second kappa shape index (κ2) is 8.53. The molecule has 0 N–H and O–H groups in total. The predicted molar refractivity (Wildman–Crippen MR) is 105 cm³/mol. The second-order valence-electron chi connectivity index (χ2n) is 7.40. The molecule has 0 radical (unpaired) electrons. The quantitative estimate of drug-likeness (QED) is 0.748. The summed E-state index contributed by atoms with van der Waals surface area (Å²) in [6.07, 6.45) is 0.891. The minimum absolute atomic E-state index is 0.121. The van der Waals surface area contributed by atoms with E-state index in [1.807, 2.05) is 49.3 Å². The van der Waals surface area contributed by atoms with E-state index in [0.29, 0.717) is 5.92 Å². The summed E-state index contributed by atoms with van der Waals surface area (Å²) >= 11 is 0. The van der Waals surface area contributed by atoms with Crippen LogP contribution < -0.4 is 4.90 Å². The third kappa shape index (κ3) is 4.66. The van der Waals surface area contributed by atoms with Crippen molar-refractivity contribution in [1.29, 1.82) is 0 Å². The molecule has 0 bridgehead atoms. The number of rotatable bonds is 5. The predicted octanol–water partition coefficient (Wildman–Crippen LogP) is 3.89. The van der Waals surface area contributed by atoms with Crippen molar-refractivity contribution in [2.45, 2.75) is 25.5 Å². The van der Waals surface area contributed by atoms with E-state index in [1.54, 1.807) is 12.1 Å². The topological polar surface area (TPSA) is 32.8 Å². The maximum atomic E-state index is 13.3. The summed E-state index contributed by atoms with van der Waals surface area (Å²) in [6.45, 7) is 3.90. The first-order valence-electron chi connectivity index (χ1n) is 9.38. The summed E-state index contributed by atoms with van der Waals surface area (Å²) in [4.78, 5) is 17.2. The summed E-state index contributed by atoms with van der Waals surface area (Å²) in [5, 5.41) is 0. The van der Waals surface area contributed by atoms with Crippen molar-refractivity contribution >= 4 is 11.7 Å². The zero-order chi connectivity index (χ0) is 19.4. The first-order valence-corrected chi connectivity index (χ1v) is 9.38. The van der Waals surface area contributed by atoms with E-state index in [9.17, 15) is 9.18 Å². The van der Waals surface area contributed by atoms with Crippen LogP contribution in [0.5, 0.6) is 0 Å². The summed E-state index contributed by atoms with van der Waals surface area (Å²) in [6, 6.07) is 15.1. The largest absolute Gasteiger partial charge is 0.459 e. The maximum absolute atomic E-state index is 13.3. The van der Waals surface area contributed by atoms with E-state index < -0.39 is 6.04 Å². The highest BCUT2D eigenvalue weighted by atomic mass is 19.1. The van der Waals surface area contributed by atoms with E-state index >= 15 is 0 Å². The number of likely N-dealkylation sites (tertiary alicyclic amines) is 1. The van der Waals surface area contributed by atoms with Crippen LogP contribution in [-0.4, -0.2) is 44.2 Å². The van der Waals surface area contributed by atoms with Crippen molar-refractivity contribution in [3.63, 3.8) is 0 Å². The molecule has 4 nitrogen and oxygen atoms in total. The van der Waals surface area contributed by atoms with Gasteiger partial charge >= 0.3 is 5.97 Å². The normalized spacial score (nSPS) is 21.5. The zero-order valence-electron chi connectivity index (χ0n) is 16.1. The molecule has 1 heterocycles. The van der Waals surface area contributed by atoms with Gasteiger partial charge in [0.2, 0.25) is 0 Å². The molecular formula is C22H27FN2O2. The fourth-order valence-corrected chi connectivity index (χ4v) is 3.53. The maximum Gasteiger partial charge on any atom is 0.333 e. The molecule has 2 aromatic carbocycles. The molecule has 0 amide bonds. The summed E-state index contributed by atoms with van der Waals surface area (Å²) in [5.41, 5.74) is 1.61. The van der Waals surface area contributed by atoms with Crippen LogP contribution in [-0.2, 0) is 9.53 Å². The van der Waals surface area contributed by atoms with Crippen LogP contribution in [0.2, 0.25) is 0 Å². The Kier molecular flexibility index (Phi) is 6.11. The zero-order valence-corrected chi connectivity index (χ0v) is 16.1. The van der Waals surface area contributed by atoms with E-state index in [0.717, 1.165) is 30.8 Å². The Bertz CT molecular complexity index is 751. The lowest BCUT2D eigenvalue weighted by atomic mass is 9.96. The molecule has 1 saturated heterocycles. The molecule has 144 valence electrons. The molecule has 1 aliphatic rings. The van der Waals surface area contributed by atoms with Gasteiger partial charge in [-0.1, -0.05) is 37.3 Å². The lowest BCUT2D eigenvalue weighted by Gasteiger charge is -2.36. The molecule has 5 heteroatoms. The smallest absolute Gasteiger partial charge is 0.333 e. The van der Waals surface area contributed by atoms with Gasteiger partial charge in [-0.25, -0.2) is 9.18 Å². The van der Waals surface area contributed by atoms with Crippen molar-refractivity contribution in [1.82, 2.24) is 4.90 Å². The van der Waals surface area contributed by atoms with Crippen LogP contribution in [0.3, 0.4) is 0 Å². The number of carbonyl (C=O) groups excluding carboxylic acids is 1. The lowest BCUT2D eigenvalue weighted by molar-refractivity contribution is -0.156. The number of likely N-dealkylation sites (N-methyl/N-ethyl adjacent to an activating group) is 2. The van der Waals surface area contributed by atoms with E-state index in [1.165, 1.54) is 12.1 Å². The van der Waals surface area contributed by atoms with Crippen LogP contribution in [0.15, 0.2) is 54.6 Å². The van der Waals surface area contributed by atoms with E-state index in [2.05, 4.69) is 11.8 Å². The molecule has 0 saturated carbocycles. The molecule has 2 aromatic rings. The van der Waals surface area contributed by atoms with Gasteiger partial charge in [0.05, 0.1) is 0 Å². The molecule has 0 aliphatic carbocycles. The van der Waals surface area contributed by atoms with Crippen molar-refractivity contribution in [2.24, 2.45) is 5.92 Å². The minimum Gasteiger partial charge on any atom is -0.459 e. The van der Waals surface area contributed by atoms with Crippen LogP contribution in [0.4, 0.5) is 10.1 Å². The summed E-state index contributed by atoms with van der Waals surface area (Å²) < 4.78 is 19.3. The third-order valence-electron chi connectivity index (χ3n) is 5.32. The van der Waals surface area contributed by atoms with Crippen molar-refractivity contribution in [3.05, 3.63) is 66.0 Å². The number of benzene rings is 2. The summed E-state index contributed by atoms with van der Waals surface area (Å²) in [7, 11) is 3.88. The first kappa shape index (κ1) is 19.4. The number of halogens is 1. The van der Waals surface area contributed by atoms with Gasteiger partial charge in [0, 0.05) is 19.3 Å². The van der Waals surface area contributed by atoms with Crippen LogP contribution in [0.25, 0.3) is 0 Å². The Hall–Kier alpha value is -2.40. The highest BCUT2D eigenvalue weighted by molar-refractivity contribution is 5.82. The molecule has 3 unspecified atom stereocenters. The van der Waals surface area contributed by atoms with Gasteiger partial charge in [0.1, 0.15) is 11.9 Å². The third-order valence-corrected chi connectivity index (χ3v) is 5.32. The molecule has 0 aromatic heterocycles. The molecule has 0 spiro atoms. The molecule has 27 heavy (non-hydrogen) atoms. The minimum atomic E-state index is -0.587. The number of ether oxygens (including phenoxy) is 1. The van der Waals surface area contributed by atoms with Gasteiger partial charge in [0.25, 0.3) is 0 Å². The van der Waals surface area contributed by atoms with Crippen molar-refractivity contribution in [2.75, 3.05) is 32.1 Å². The monoisotopic (exact) mass is 370 g/mol. The average Bonchev–Trinajstić information content (AvgIpc) is 2.66. The molecule has 1 fully saturated rings. The van der Waals surface area contributed by atoms with Crippen LogP contribution >= 0.6 is 0 Å². The number of hydrogen-bond acceptors (Lipinski definition) is 4. The Morgan fingerprint density at radius 3 is 2.52 bits per heavy atom. The van der Waals surface area contributed by atoms with Gasteiger partial charge in [-0.15, -0.1) is 0 Å². The Labute approximate surface area is 160 Å². The van der Waals surface area contributed by atoms with E-state index in [-0.39, 0.29) is 17.9 Å². The fourth-order valence-electron chi connectivity index (χ4n) is 3.53. The molecule has 3 rings (SSSR count). The highest BCUT2D eigenvalue weighted by Crippen LogP contribution is 2.29. The van der Waals surface area contributed by atoms with E-state index in [4.69, 9.17) is 4.74 Å². The number of piperidine rings is 1. The van der Waals surface area contributed by atoms with Gasteiger partial charge in [-0.3, -0.25) is 0 Å². The second-order valence-corrected chi connectivity index (χ2v) is 7.40. The molecule has 1 aliphatic heterocycles. The van der Waals surface area contributed by atoms with Crippen molar-refractivity contribution < 1.29 is 13.9 Å². The fraction of sp³-hybridized carbons (Fsp3) is 0.409. The lowest BCUT2D eigenvalue weighted by Crippen LogP contribution is -2.45. The number of carbonyl (C=O) groups is 1. The van der Waals surface area contributed by atoms with Crippen molar-refractivity contribution in [3.8, 4) is 0 Å². The number of esters is 1. The number of nitrogens with zero attached hydrogens (tertiary/aromatic N) is 2. The number of hydrogen-bond donors (Lipinski definition) is 0. The Morgan fingerprint density at radius 1 is 1.19 bits per heavy atom. The Balaban J connectivity index is 1.85. The van der Waals surface area contributed by atoms with Gasteiger partial charge in [0.15, 0.2) is 6.04 Å². The molecule has 3 atom stereocenters. The first-order chi connectivity index (χ1) is 13.0. The van der Waals surface area contributed by atoms with Crippen LogP contribution in [0, 0.1) is 11.7 Å². The standard InChI is InChI=1S/C22H27FN2O2/c1-16-13-14-24(2)15-20(16)27-22(26)21(17-7-5-4-6-8-17)25(3)19-11-9-18(23)10-12-19/h4-12,16,20-21H,13-15H2,1-3H3. The van der Waals surface area contributed by atoms with Gasteiger partial charge in [-0.05, 0) is 55.8 Å². The van der Waals surface area contributed by atoms with Gasteiger partial charge < -0.3 is 14.5 Å². The molecular weight excluding hydrogens is 343 g/mol. The SMILES string of the molecule is CC1CCN(C)CC1OC(=O)C(c1ccccc1)N(C)c1ccc(F)cc1. The Morgan fingerprint density at radius 2 is 1.85 bits per heavy atom. The van der Waals surface area contributed by atoms with Gasteiger partial charge in [-0.2, -0.15) is 0 Å². The summed E-state index contributed by atoms with van der Waals surface area (Å²) in [5.74, 6) is -0.247. The highest BCUT2D eigenvalue weighted by Gasteiger charge is 2.33. The number of anilines is 1. The average molecular weight is 370 g/mol. The van der Waals surface area contributed by atoms with Crippen LogP contribution in [0.1, 0.15) is 24.9 Å².